The molecule has 1 heterocycles. The third-order valence-corrected chi connectivity index (χ3v) is 3.23. The molecular weight excluding hydrogens is 238 g/mol. The lowest BCUT2D eigenvalue weighted by molar-refractivity contribution is 0.0913. The van der Waals surface area contributed by atoms with Crippen LogP contribution in [0.4, 0.5) is 0 Å². The van der Waals surface area contributed by atoms with Crippen LogP contribution in [-0.2, 0) is 0 Å². The highest BCUT2D eigenvalue weighted by Crippen LogP contribution is 2.33. The first-order valence-electron chi connectivity index (χ1n) is 6.41. The summed E-state index contributed by atoms with van der Waals surface area (Å²) in [4.78, 5) is 16.3. The highest BCUT2D eigenvalue weighted by atomic mass is 16.1. The number of carbonyl (C=O) groups excluding carboxylic acids is 1. The first kappa shape index (κ1) is 13.5. The van der Waals surface area contributed by atoms with Gasteiger partial charge in [-0.3, -0.25) is 4.79 Å². The molecule has 0 saturated heterocycles. The largest absolute Gasteiger partial charge is 0.294 e. The molecule has 0 amide bonds. The maximum atomic E-state index is 12.3. The van der Waals surface area contributed by atoms with Crippen molar-refractivity contribution in [2.45, 2.75) is 33.2 Å². The number of aromatic nitrogens is 3. The van der Waals surface area contributed by atoms with Crippen molar-refractivity contribution in [1.82, 2.24) is 14.8 Å². The van der Waals surface area contributed by atoms with Crippen molar-refractivity contribution in [3.8, 4) is 0 Å². The van der Waals surface area contributed by atoms with Gasteiger partial charge >= 0.3 is 0 Å². The fraction of sp³-hybridized carbons (Fsp3) is 0.400. The van der Waals surface area contributed by atoms with Gasteiger partial charge in [-0.2, -0.15) is 5.10 Å². The van der Waals surface area contributed by atoms with E-state index in [1.807, 2.05) is 30.3 Å². The van der Waals surface area contributed by atoms with Gasteiger partial charge in [-0.05, 0) is 5.41 Å². The van der Waals surface area contributed by atoms with Crippen molar-refractivity contribution >= 4 is 5.78 Å². The van der Waals surface area contributed by atoms with Crippen molar-refractivity contribution in [2.24, 2.45) is 5.41 Å². The van der Waals surface area contributed by atoms with E-state index in [1.165, 1.54) is 6.33 Å². The van der Waals surface area contributed by atoms with Crippen molar-refractivity contribution < 1.29 is 4.79 Å². The maximum Gasteiger partial charge on any atom is 0.165 e. The van der Waals surface area contributed by atoms with Gasteiger partial charge in [-0.15, -0.1) is 0 Å². The first-order chi connectivity index (χ1) is 8.98. The SMILES string of the molecule is CC(C)(C)C(CC(=O)c1ccccc1)n1cncn1. The van der Waals surface area contributed by atoms with Crippen LogP contribution in [0.5, 0.6) is 0 Å². The van der Waals surface area contributed by atoms with Crippen molar-refractivity contribution in [3.05, 3.63) is 48.5 Å². The van der Waals surface area contributed by atoms with Gasteiger partial charge in [-0.25, -0.2) is 9.67 Å². The van der Waals surface area contributed by atoms with E-state index in [0.717, 1.165) is 5.56 Å². The van der Waals surface area contributed by atoms with Gasteiger partial charge in [0.15, 0.2) is 5.78 Å². The second-order valence-corrected chi connectivity index (χ2v) is 5.75. The highest BCUT2D eigenvalue weighted by molar-refractivity contribution is 5.96. The fourth-order valence-corrected chi connectivity index (χ4v) is 2.09. The lowest BCUT2D eigenvalue weighted by Crippen LogP contribution is -2.27. The van der Waals surface area contributed by atoms with Gasteiger partial charge in [0, 0.05) is 12.0 Å². The number of benzene rings is 1. The Labute approximate surface area is 113 Å². The Morgan fingerprint density at radius 3 is 2.47 bits per heavy atom. The Morgan fingerprint density at radius 2 is 1.95 bits per heavy atom. The second kappa shape index (κ2) is 5.34. The Morgan fingerprint density at radius 1 is 1.26 bits per heavy atom. The summed E-state index contributed by atoms with van der Waals surface area (Å²) in [5.41, 5.74) is 0.690. The van der Waals surface area contributed by atoms with E-state index in [0.29, 0.717) is 6.42 Å². The van der Waals surface area contributed by atoms with E-state index in [1.54, 1.807) is 11.0 Å². The average Bonchev–Trinajstić information content (AvgIpc) is 2.88. The standard InChI is InChI=1S/C15H19N3O/c1-15(2,3)14(18-11-16-10-17-18)9-13(19)12-7-5-4-6-8-12/h4-8,10-11,14H,9H2,1-3H3. The molecule has 0 radical (unpaired) electrons. The van der Waals surface area contributed by atoms with Crippen molar-refractivity contribution in [2.75, 3.05) is 0 Å². The highest BCUT2D eigenvalue weighted by Gasteiger charge is 2.29. The summed E-state index contributed by atoms with van der Waals surface area (Å²) in [6, 6.07) is 9.38. The van der Waals surface area contributed by atoms with E-state index in [4.69, 9.17) is 0 Å². The lowest BCUT2D eigenvalue weighted by atomic mass is 9.83. The third-order valence-electron chi connectivity index (χ3n) is 3.23. The molecule has 1 aromatic heterocycles. The zero-order valence-corrected chi connectivity index (χ0v) is 11.6. The Hall–Kier alpha value is -1.97. The molecule has 0 bridgehead atoms. The topological polar surface area (TPSA) is 47.8 Å². The van der Waals surface area contributed by atoms with Crippen LogP contribution in [0, 0.1) is 5.41 Å². The van der Waals surface area contributed by atoms with Gasteiger partial charge in [0.1, 0.15) is 12.7 Å². The van der Waals surface area contributed by atoms with Gasteiger partial charge in [0.05, 0.1) is 6.04 Å². The molecule has 1 aromatic carbocycles. The number of Topliss-reactive ketones (excluding diaryl/α,β-unsaturated/α-hetero) is 1. The molecule has 4 heteroatoms. The van der Waals surface area contributed by atoms with Crippen LogP contribution in [0.2, 0.25) is 0 Å². The molecule has 0 aliphatic heterocycles. The van der Waals surface area contributed by atoms with Crippen LogP contribution >= 0.6 is 0 Å². The van der Waals surface area contributed by atoms with Crippen molar-refractivity contribution in [1.29, 1.82) is 0 Å². The predicted molar refractivity (Wildman–Crippen MR) is 73.9 cm³/mol. The monoisotopic (exact) mass is 257 g/mol. The zero-order valence-electron chi connectivity index (χ0n) is 11.6. The van der Waals surface area contributed by atoms with E-state index >= 15 is 0 Å². The summed E-state index contributed by atoms with van der Waals surface area (Å²) in [6.07, 6.45) is 3.61. The van der Waals surface area contributed by atoms with Crippen LogP contribution in [0.3, 0.4) is 0 Å². The summed E-state index contributed by atoms with van der Waals surface area (Å²) in [6.45, 7) is 6.33. The van der Waals surface area contributed by atoms with Gasteiger partial charge in [0.2, 0.25) is 0 Å². The van der Waals surface area contributed by atoms with Gasteiger partial charge in [-0.1, -0.05) is 51.1 Å². The normalized spacial score (nSPS) is 13.2. The van der Waals surface area contributed by atoms with Crippen LogP contribution in [0.1, 0.15) is 43.6 Å². The molecule has 4 nitrogen and oxygen atoms in total. The molecule has 0 aliphatic carbocycles. The molecule has 0 spiro atoms. The summed E-state index contributed by atoms with van der Waals surface area (Å²) in [5, 5.41) is 4.18. The Kier molecular flexibility index (Phi) is 3.79. The molecule has 1 unspecified atom stereocenters. The van der Waals surface area contributed by atoms with E-state index in [-0.39, 0.29) is 17.2 Å². The summed E-state index contributed by atoms with van der Waals surface area (Å²) in [7, 11) is 0. The number of rotatable bonds is 4. The van der Waals surface area contributed by atoms with E-state index in [2.05, 4.69) is 30.9 Å². The molecular formula is C15H19N3O. The average molecular weight is 257 g/mol. The molecule has 100 valence electrons. The summed E-state index contributed by atoms with van der Waals surface area (Å²) >= 11 is 0. The van der Waals surface area contributed by atoms with Crippen LogP contribution in [0.15, 0.2) is 43.0 Å². The first-order valence-corrected chi connectivity index (χ1v) is 6.41. The molecule has 0 N–H and O–H groups in total. The summed E-state index contributed by atoms with van der Waals surface area (Å²) in [5.74, 6) is 0.135. The van der Waals surface area contributed by atoms with E-state index in [9.17, 15) is 4.79 Å². The number of hydrogen-bond acceptors (Lipinski definition) is 3. The number of carbonyl (C=O) groups is 1. The second-order valence-electron chi connectivity index (χ2n) is 5.75. The molecule has 2 rings (SSSR count). The minimum Gasteiger partial charge on any atom is -0.294 e. The minimum absolute atomic E-state index is 0.00251. The lowest BCUT2D eigenvalue weighted by Gasteiger charge is -2.30. The molecule has 0 saturated carbocycles. The fourth-order valence-electron chi connectivity index (χ4n) is 2.09. The third kappa shape index (κ3) is 3.28. The predicted octanol–water partition coefficient (Wildman–Crippen LogP) is 3.14. The quantitative estimate of drug-likeness (QED) is 0.790. The molecule has 0 aliphatic rings. The molecule has 2 aromatic rings. The maximum absolute atomic E-state index is 12.3. The Bertz CT molecular complexity index is 526. The smallest absolute Gasteiger partial charge is 0.165 e. The summed E-state index contributed by atoms with van der Waals surface area (Å²) < 4.78 is 1.78. The van der Waals surface area contributed by atoms with Crippen LogP contribution in [-0.4, -0.2) is 20.5 Å². The number of hydrogen-bond donors (Lipinski definition) is 0. The van der Waals surface area contributed by atoms with E-state index < -0.39 is 0 Å². The van der Waals surface area contributed by atoms with Gasteiger partial charge < -0.3 is 0 Å². The molecule has 1 atom stereocenters. The van der Waals surface area contributed by atoms with Crippen molar-refractivity contribution in [3.63, 3.8) is 0 Å². The molecule has 19 heavy (non-hydrogen) atoms. The van der Waals surface area contributed by atoms with Crippen LogP contribution in [0.25, 0.3) is 0 Å². The minimum atomic E-state index is -0.0574. The van der Waals surface area contributed by atoms with Gasteiger partial charge in [0.25, 0.3) is 0 Å². The van der Waals surface area contributed by atoms with Crippen LogP contribution < -0.4 is 0 Å². The Balaban J connectivity index is 2.21. The zero-order chi connectivity index (χ0) is 13.9. The molecule has 0 fully saturated rings. The number of ketones is 1. The number of nitrogens with zero attached hydrogens (tertiary/aromatic N) is 3.